The number of nitrogens with one attached hydrogen (secondary N) is 2. The average Bonchev–Trinajstić information content (AvgIpc) is 2.35. The van der Waals surface area contributed by atoms with Crippen LogP contribution >= 0.6 is 0 Å². The minimum absolute atomic E-state index is 0.386. The van der Waals surface area contributed by atoms with E-state index in [1.807, 2.05) is 0 Å². The minimum atomic E-state index is -0.994. The van der Waals surface area contributed by atoms with Crippen LogP contribution in [0.3, 0.4) is 0 Å². The molecule has 0 saturated carbocycles. The number of rotatable bonds is 5. The molecule has 1 rings (SSSR count). The lowest BCUT2D eigenvalue weighted by Crippen LogP contribution is -2.47. The first-order valence-electron chi connectivity index (χ1n) is 6.48. The Balaban J connectivity index is 2.22. The van der Waals surface area contributed by atoms with Gasteiger partial charge in [0, 0.05) is 6.54 Å². The topological polar surface area (TPSA) is 81.7 Å². The number of urea groups is 1. The van der Waals surface area contributed by atoms with Gasteiger partial charge in [0.15, 0.2) is 0 Å². The molecule has 0 radical (unpaired) electrons. The van der Waals surface area contributed by atoms with Crippen molar-refractivity contribution in [2.75, 3.05) is 26.7 Å². The second kappa shape index (κ2) is 7.20. The largest absolute Gasteiger partial charge is 0.480 e. The highest BCUT2D eigenvalue weighted by Crippen LogP contribution is 2.14. The molecule has 0 spiro atoms. The van der Waals surface area contributed by atoms with Crippen molar-refractivity contribution < 1.29 is 14.7 Å². The molecule has 0 bridgehead atoms. The van der Waals surface area contributed by atoms with Crippen molar-refractivity contribution in [1.29, 1.82) is 0 Å². The van der Waals surface area contributed by atoms with E-state index < -0.39 is 12.0 Å². The molecule has 3 N–H and O–H groups in total. The molecule has 0 aromatic rings. The molecular weight excluding hydrogens is 234 g/mol. The SMILES string of the molecule is CC[C@H](NC(=O)NCC1CCN(C)CC1)C(=O)O. The van der Waals surface area contributed by atoms with E-state index in [-0.39, 0.29) is 6.03 Å². The third-order valence-corrected chi connectivity index (χ3v) is 3.40. The van der Waals surface area contributed by atoms with Crippen molar-refractivity contribution in [3.05, 3.63) is 0 Å². The number of hydrogen-bond donors (Lipinski definition) is 3. The van der Waals surface area contributed by atoms with Gasteiger partial charge in [-0.3, -0.25) is 0 Å². The van der Waals surface area contributed by atoms with Crippen molar-refractivity contribution in [3.63, 3.8) is 0 Å². The van der Waals surface area contributed by atoms with Gasteiger partial charge >= 0.3 is 12.0 Å². The summed E-state index contributed by atoms with van der Waals surface area (Å²) in [7, 11) is 2.09. The summed E-state index contributed by atoms with van der Waals surface area (Å²) in [4.78, 5) is 24.6. The monoisotopic (exact) mass is 257 g/mol. The van der Waals surface area contributed by atoms with Crippen LogP contribution in [0.4, 0.5) is 4.79 Å². The molecule has 0 aromatic carbocycles. The zero-order chi connectivity index (χ0) is 13.5. The molecule has 6 nitrogen and oxygen atoms in total. The van der Waals surface area contributed by atoms with Crippen molar-refractivity contribution in [1.82, 2.24) is 15.5 Å². The van der Waals surface area contributed by atoms with Crippen LogP contribution in [0.5, 0.6) is 0 Å². The van der Waals surface area contributed by atoms with Crippen molar-refractivity contribution in [2.24, 2.45) is 5.92 Å². The number of carboxylic acid groups (broad SMARTS) is 1. The van der Waals surface area contributed by atoms with Crippen molar-refractivity contribution in [3.8, 4) is 0 Å². The van der Waals surface area contributed by atoms with E-state index in [9.17, 15) is 9.59 Å². The molecular formula is C12H23N3O3. The van der Waals surface area contributed by atoms with Gasteiger partial charge < -0.3 is 20.6 Å². The summed E-state index contributed by atoms with van der Waals surface area (Å²) in [6.45, 7) is 4.47. The number of nitrogens with zero attached hydrogens (tertiary/aromatic N) is 1. The van der Waals surface area contributed by atoms with Gasteiger partial charge in [0.2, 0.25) is 0 Å². The normalized spacial score (nSPS) is 19.2. The van der Waals surface area contributed by atoms with Crippen LogP contribution in [0.15, 0.2) is 0 Å². The van der Waals surface area contributed by atoms with Gasteiger partial charge in [0.25, 0.3) is 0 Å². The van der Waals surface area contributed by atoms with E-state index in [1.165, 1.54) is 0 Å². The van der Waals surface area contributed by atoms with Crippen LogP contribution in [0.1, 0.15) is 26.2 Å². The fraction of sp³-hybridized carbons (Fsp3) is 0.833. The van der Waals surface area contributed by atoms with E-state index in [0.29, 0.717) is 18.9 Å². The number of amides is 2. The number of carboxylic acids is 1. The van der Waals surface area contributed by atoms with E-state index in [4.69, 9.17) is 5.11 Å². The molecule has 0 aromatic heterocycles. The number of carbonyl (C=O) groups is 2. The highest BCUT2D eigenvalue weighted by molar-refractivity contribution is 5.82. The maximum Gasteiger partial charge on any atom is 0.326 e. The smallest absolute Gasteiger partial charge is 0.326 e. The molecule has 1 heterocycles. The maximum absolute atomic E-state index is 11.5. The summed E-state index contributed by atoms with van der Waals surface area (Å²) in [5, 5.41) is 14.0. The predicted octanol–water partition coefficient (Wildman–Crippen LogP) is 0.491. The molecule has 6 heteroatoms. The minimum Gasteiger partial charge on any atom is -0.480 e. The van der Waals surface area contributed by atoms with E-state index in [1.54, 1.807) is 6.92 Å². The zero-order valence-corrected chi connectivity index (χ0v) is 11.1. The summed E-state index contributed by atoms with van der Waals surface area (Å²) in [6, 6.07) is -1.19. The lowest BCUT2D eigenvalue weighted by Gasteiger charge is -2.29. The molecule has 1 fully saturated rings. The fourth-order valence-electron chi connectivity index (χ4n) is 2.05. The Hall–Kier alpha value is -1.30. The fourth-order valence-corrected chi connectivity index (χ4v) is 2.05. The lowest BCUT2D eigenvalue weighted by molar-refractivity contribution is -0.139. The van der Waals surface area contributed by atoms with Crippen LogP contribution in [0.25, 0.3) is 0 Å². The number of carbonyl (C=O) groups excluding carboxylic acids is 1. The first kappa shape index (κ1) is 14.8. The standard InChI is InChI=1S/C12H23N3O3/c1-3-10(11(16)17)14-12(18)13-8-9-4-6-15(2)7-5-9/h9-10H,3-8H2,1-2H3,(H,16,17)(H2,13,14,18)/t10-/m0/s1. The number of aliphatic carboxylic acids is 1. The van der Waals surface area contributed by atoms with E-state index in [2.05, 4.69) is 22.6 Å². The third-order valence-electron chi connectivity index (χ3n) is 3.40. The maximum atomic E-state index is 11.5. The molecule has 18 heavy (non-hydrogen) atoms. The highest BCUT2D eigenvalue weighted by atomic mass is 16.4. The van der Waals surface area contributed by atoms with Gasteiger partial charge in [-0.2, -0.15) is 0 Å². The molecule has 104 valence electrons. The van der Waals surface area contributed by atoms with Gasteiger partial charge in [-0.1, -0.05) is 6.92 Å². The average molecular weight is 257 g/mol. The molecule has 1 aliphatic rings. The molecule has 2 amide bonds. The van der Waals surface area contributed by atoms with Gasteiger partial charge in [0.1, 0.15) is 6.04 Å². The third kappa shape index (κ3) is 4.91. The molecule has 0 aliphatic carbocycles. The summed E-state index contributed by atoms with van der Waals surface area (Å²) in [5.74, 6) is -0.496. The van der Waals surface area contributed by atoms with Crippen molar-refractivity contribution >= 4 is 12.0 Å². The van der Waals surface area contributed by atoms with Crippen LogP contribution in [0, 0.1) is 5.92 Å². The second-order valence-corrected chi connectivity index (χ2v) is 4.90. The van der Waals surface area contributed by atoms with E-state index in [0.717, 1.165) is 25.9 Å². The van der Waals surface area contributed by atoms with Crippen LogP contribution in [-0.4, -0.2) is 54.7 Å². The Kier molecular flexibility index (Phi) is 5.91. The van der Waals surface area contributed by atoms with Gasteiger partial charge in [-0.15, -0.1) is 0 Å². The Morgan fingerprint density at radius 1 is 1.39 bits per heavy atom. The Morgan fingerprint density at radius 2 is 2.00 bits per heavy atom. The van der Waals surface area contributed by atoms with Crippen molar-refractivity contribution in [2.45, 2.75) is 32.2 Å². The summed E-state index contributed by atoms with van der Waals surface area (Å²) in [6.07, 6.45) is 2.54. The van der Waals surface area contributed by atoms with Gasteiger partial charge in [0.05, 0.1) is 0 Å². The van der Waals surface area contributed by atoms with Crippen LogP contribution in [0.2, 0.25) is 0 Å². The Labute approximate surface area is 108 Å². The molecule has 0 unspecified atom stereocenters. The highest BCUT2D eigenvalue weighted by Gasteiger charge is 2.20. The lowest BCUT2D eigenvalue weighted by atomic mass is 9.97. The first-order valence-corrected chi connectivity index (χ1v) is 6.48. The van der Waals surface area contributed by atoms with Crippen LogP contribution < -0.4 is 10.6 Å². The van der Waals surface area contributed by atoms with E-state index >= 15 is 0 Å². The first-order chi connectivity index (χ1) is 8.52. The summed E-state index contributed by atoms with van der Waals surface area (Å²) < 4.78 is 0. The quantitative estimate of drug-likeness (QED) is 0.669. The number of hydrogen-bond acceptors (Lipinski definition) is 3. The number of piperidine rings is 1. The molecule has 1 saturated heterocycles. The Bertz CT molecular complexity index is 288. The van der Waals surface area contributed by atoms with Gasteiger partial charge in [-0.25, -0.2) is 9.59 Å². The number of likely N-dealkylation sites (tertiary alicyclic amines) is 1. The summed E-state index contributed by atoms with van der Waals surface area (Å²) >= 11 is 0. The van der Waals surface area contributed by atoms with Gasteiger partial charge in [-0.05, 0) is 45.3 Å². The Morgan fingerprint density at radius 3 is 2.50 bits per heavy atom. The second-order valence-electron chi connectivity index (χ2n) is 4.90. The molecule has 1 aliphatic heterocycles. The van der Waals surface area contributed by atoms with Crippen LogP contribution in [-0.2, 0) is 4.79 Å². The summed E-state index contributed by atoms with van der Waals surface area (Å²) in [5.41, 5.74) is 0. The predicted molar refractivity (Wildman–Crippen MR) is 68.5 cm³/mol. The zero-order valence-electron chi connectivity index (χ0n) is 11.1. The molecule has 1 atom stereocenters.